The Morgan fingerprint density at radius 1 is 0.234 bits per heavy atom. The van der Waals surface area contributed by atoms with Crippen molar-refractivity contribution in [3.8, 4) is 22.9 Å². The van der Waals surface area contributed by atoms with Crippen LogP contribution in [0.2, 0.25) is 0 Å². The number of anilines is 4. The zero-order valence-corrected chi connectivity index (χ0v) is 56.8. The normalized spacial score (nSPS) is 13.2. The van der Waals surface area contributed by atoms with Crippen LogP contribution in [0.1, 0.15) is 161 Å². The molecule has 8 amide bonds. The number of benzene rings is 11. The maximum Gasteiger partial charge on any atom is 0.266 e. The van der Waals surface area contributed by atoms with Gasteiger partial charge in [-0.2, -0.15) is 0 Å². The highest BCUT2D eigenvalue weighted by Crippen LogP contribution is 2.37. The minimum atomic E-state index is -0.638. The second-order valence-corrected chi connectivity index (χ2v) is 25.2. The van der Waals surface area contributed by atoms with Crippen LogP contribution in [-0.2, 0) is 0 Å². The average molecular weight is 1470 g/mol. The molecule has 0 aliphatic carbocycles. The number of carbonyl (C=O) groups is 15. The Morgan fingerprint density at radius 2 is 0.495 bits per heavy atom. The summed E-state index contributed by atoms with van der Waals surface area (Å²) < 4.78 is 7.74. The lowest BCUT2D eigenvalue weighted by atomic mass is 9.96. The van der Waals surface area contributed by atoms with Gasteiger partial charge in [0.2, 0.25) is 0 Å². The fourth-order valence-corrected chi connectivity index (χ4v) is 13.3. The van der Waals surface area contributed by atoms with Crippen molar-refractivity contribution in [2.45, 2.75) is 0 Å². The van der Waals surface area contributed by atoms with Crippen molar-refractivity contribution in [2.75, 3.05) is 19.6 Å². The van der Waals surface area contributed by atoms with E-state index in [-0.39, 0.29) is 99.9 Å². The van der Waals surface area contributed by atoms with Crippen LogP contribution in [0.5, 0.6) is 11.5 Å². The van der Waals surface area contributed by atoms with E-state index >= 15 is 0 Å². The van der Waals surface area contributed by atoms with E-state index in [1.165, 1.54) is 158 Å². The number of hydrogen-bond donors (Lipinski definition) is 0. The zero-order valence-electron chi connectivity index (χ0n) is 56.8. The van der Waals surface area contributed by atoms with Crippen LogP contribution >= 0.6 is 0 Å². The third-order valence-corrected chi connectivity index (χ3v) is 18.8. The molecule has 0 N–H and O–H groups in total. The summed E-state index contributed by atoms with van der Waals surface area (Å²) in [6, 6.07) is 56.0. The molecule has 534 valence electrons. The molecule has 0 fully saturated rings. The molecule has 0 bridgehead atoms. The van der Waals surface area contributed by atoms with Gasteiger partial charge in [0.1, 0.15) is 49.2 Å². The molecule has 0 saturated heterocycles. The van der Waals surface area contributed by atoms with E-state index < -0.39 is 75.3 Å². The number of ether oxygens (including phenoxy) is 1. The largest absolute Gasteiger partial charge is 0.457 e. The quantitative estimate of drug-likeness (QED) is 0.0493. The summed E-state index contributed by atoms with van der Waals surface area (Å²) in [6.07, 6.45) is 3.73. The number of carbonyl (C=O) groups excluding carboxylic acids is 15. The second kappa shape index (κ2) is 28.0. The van der Waals surface area contributed by atoms with Gasteiger partial charge in [0.05, 0.1) is 100 Å². The third kappa shape index (κ3) is 12.1. The molecule has 2 aromatic heterocycles. The lowest BCUT2D eigenvalue weighted by Crippen LogP contribution is -2.29. The molecule has 0 spiro atoms. The molecular weight excluding hydrogens is 1420 g/mol. The lowest BCUT2D eigenvalue weighted by Gasteiger charge is -2.16. The van der Waals surface area contributed by atoms with Gasteiger partial charge in [-0.05, 0) is 182 Å². The number of amides is 8. The first-order chi connectivity index (χ1) is 53.6. The van der Waals surface area contributed by atoms with Gasteiger partial charge in [-0.3, -0.25) is 91.1 Å². The van der Waals surface area contributed by atoms with Gasteiger partial charge in [0, 0.05) is 44.5 Å². The summed E-state index contributed by atoms with van der Waals surface area (Å²) in [4.78, 5) is 239. The molecule has 0 atom stereocenters. The highest BCUT2D eigenvalue weighted by Gasteiger charge is 2.41. The Morgan fingerprint density at radius 3 is 0.811 bits per heavy atom. The fraction of sp³-hybridized carbons (Fsp3) is 0. The number of rotatable bonds is 16. The Bertz CT molecular complexity index is 6160. The Kier molecular flexibility index (Phi) is 17.8. The maximum absolute atomic E-state index is 13.4. The predicted molar refractivity (Wildman–Crippen MR) is 399 cm³/mol. The van der Waals surface area contributed by atoms with Gasteiger partial charge in [-0.15, -0.1) is 0 Å². The summed E-state index contributed by atoms with van der Waals surface area (Å²) in [5, 5.41) is 0.0834. The van der Waals surface area contributed by atoms with Crippen molar-refractivity contribution in [1.82, 2.24) is 9.13 Å². The number of imide groups is 4. The SMILES string of the molecule is O=Cc1ccc(-n2c(=O)c3cc4c(=O)n(-c5ccc(C=O)cc5)c(=O)c4cc3c2=O)cc1.O=Cc1ccc2c(c1)C(=O)N(c1ccc(Oc3ccc(N4C(=O)c5ccc(C=O)cc5C4=O)cc3)cc1)C2=O.O=Cc1cccc(N2C(=O)c3ccc(C(=O)c4ccc5c(c4)C(=O)N(c4cccc(C=O)c4)C5=O)cc3C2=O)c1. The van der Waals surface area contributed by atoms with Crippen LogP contribution < -0.4 is 46.6 Å². The van der Waals surface area contributed by atoms with Gasteiger partial charge in [0.15, 0.2) is 5.78 Å². The van der Waals surface area contributed by atoms with Crippen LogP contribution in [0.3, 0.4) is 0 Å². The van der Waals surface area contributed by atoms with E-state index in [4.69, 9.17) is 4.74 Å². The van der Waals surface area contributed by atoms with E-state index in [9.17, 15) is 91.1 Å². The van der Waals surface area contributed by atoms with Crippen LogP contribution in [-0.4, -0.2) is 99.9 Å². The van der Waals surface area contributed by atoms with Crippen molar-refractivity contribution >= 4 is 135 Å². The molecule has 11 aromatic carbocycles. The molecule has 0 saturated carbocycles. The van der Waals surface area contributed by atoms with Gasteiger partial charge in [0.25, 0.3) is 69.5 Å². The van der Waals surface area contributed by atoms with E-state index in [2.05, 4.69) is 0 Å². The standard InChI is InChI=1S/C31H16N2O7.C30H16N2O7.C24H12N2O6/c34-15-17-3-1-5-21(11-17)32-28(37)23-9-7-19(13-25(23)30(32)39)27(36)20-8-10-24-26(14-20)31(40)33(29(24)38)22-6-2-4-18(12-22)16-35;33-15-17-1-11-23-25(13-17)29(37)31(27(23)35)19-3-7-21(8-4-19)39-22-9-5-20(6-10-22)32-28(36)24-12-2-18(16-34)14-26(24)30(32)38;27-11-13-1-5-15(6-2-13)25-21(29)17-9-19-20(10-18(17)22(25)30)24(32)26(23(19)31)16-7-3-14(12-28)4-8-16/h1-16H;1-16H;1-12H. The van der Waals surface area contributed by atoms with E-state index in [0.29, 0.717) is 94.0 Å². The van der Waals surface area contributed by atoms with E-state index in [0.717, 1.165) is 28.7 Å². The molecule has 6 heterocycles. The molecule has 26 heteroatoms. The van der Waals surface area contributed by atoms with Crippen molar-refractivity contribution in [2.24, 2.45) is 0 Å². The van der Waals surface area contributed by atoms with Crippen LogP contribution in [0.15, 0.2) is 250 Å². The summed E-state index contributed by atoms with van der Waals surface area (Å²) in [5.41, 5.74) is 2.50. The van der Waals surface area contributed by atoms with Crippen molar-refractivity contribution in [3.63, 3.8) is 0 Å². The van der Waals surface area contributed by atoms with Crippen molar-refractivity contribution in [1.29, 1.82) is 0 Å². The van der Waals surface area contributed by atoms with Gasteiger partial charge in [-0.25, -0.2) is 28.7 Å². The molecule has 13 aromatic rings. The van der Waals surface area contributed by atoms with Gasteiger partial charge >= 0.3 is 0 Å². The van der Waals surface area contributed by atoms with Gasteiger partial charge < -0.3 is 4.74 Å². The molecule has 0 radical (unpaired) electrons. The average Bonchev–Trinajstić information content (AvgIpc) is 1.58. The fourth-order valence-electron chi connectivity index (χ4n) is 13.3. The first kappa shape index (κ1) is 70.4. The lowest BCUT2D eigenvalue weighted by molar-refractivity contribution is 0.0910. The van der Waals surface area contributed by atoms with E-state index in [1.54, 1.807) is 72.8 Å². The van der Waals surface area contributed by atoms with Crippen molar-refractivity contribution in [3.05, 3.63) is 361 Å². The molecular formula is C85H44N6O20. The molecule has 17 rings (SSSR count). The van der Waals surface area contributed by atoms with E-state index in [1.807, 2.05) is 0 Å². The Labute approximate surface area is 621 Å². The summed E-state index contributed by atoms with van der Waals surface area (Å²) in [7, 11) is 0. The summed E-state index contributed by atoms with van der Waals surface area (Å²) >= 11 is 0. The number of aldehydes is 6. The Balaban J connectivity index is 0.000000133. The predicted octanol–water partition coefficient (Wildman–Crippen LogP) is 10.4. The van der Waals surface area contributed by atoms with Crippen LogP contribution in [0, 0.1) is 0 Å². The molecule has 4 aliphatic heterocycles. The second-order valence-electron chi connectivity index (χ2n) is 25.2. The maximum atomic E-state index is 13.4. The molecule has 111 heavy (non-hydrogen) atoms. The number of nitrogens with zero attached hydrogens (tertiary/aromatic N) is 6. The number of ketones is 1. The molecule has 0 unspecified atom stereocenters. The van der Waals surface area contributed by atoms with Crippen molar-refractivity contribution < 1.29 is 76.7 Å². The summed E-state index contributed by atoms with van der Waals surface area (Å²) in [6.45, 7) is 0. The van der Waals surface area contributed by atoms with Crippen LogP contribution in [0.4, 0.5) is 22.7 Å². The summed E-state index contributed by atoms with van der Waals surface area (Å²) in [5.74, 6) is -4.10. The number of fused-ring (bicyclic) bond motifs is 6. The smallest absolute Gasteiger partial charge is 0.266 e. The minimum absolute atomic E-state index is 0.0208. The molecule has 4 aliphatic rings. The highest BCUT2D eigenvalue weighted by molar-refractivity contribution is 6.38. The molecule has 26 nitrogen and oxygen atoms in total. The Hall–Kier alpha value is -16.3. The van der Waals surface area contributed by atoms with Crippen LogP contribution in [0.25, 0.3) is 32.9 Å². The highest BCUT2D eigenvalue weighted by atomic mass is 16.5. The third-order valence-electron chi connectivity index (χ3n) is 18.8. The first-order valence-corrected chi connectivity index (χ1v) is 33.3. The minimum Gasteiger partial charge on any atom is -0.457 e. The topological polar surface area (TPSA) is 356 Å². The monoisotopic (exact) mass is 1470 g/mol. The van der Waals surface area contributed by atoms with Gasteiger partial charge in [-0.1, -0.05) is 48.5 Å². The first-order valence-electron chi connectivity index (χ1n) is 33.3. The zero-order chi connectivity index (χ0) is 78.0. The number of aromatic nitrogens is 2. The number of hydrogen-bond acceptors (Lipinski definition) is 20.